The Balaban J connectivity index is 1.80. The molecule has 0 fully saturated rings. The van der Waals surface area contributed by atoms with Crippen LogP contribution in [0.3, 0.4) is 0 Å². The van der Waals surface area contributed by atoms with E-state index in [0.717, 1.165) is 25.1 Å². The first-order valence-corrected chi connectivity index (χ1v) is 6.45. The summed E-state index contributed by atoms with van der Waals surface area (Å²) in [5, 5.41) is 6.24. The standard InChI is InChI=1S/C15H20N2O/c1-12-3-2-4-14(9-12)10-15(18)17-11-13-5-7-16-8-6-13/h2-5,9,16H,6-8,10-11H2,1H3,(H,17,18). The van der Waals surface area contributed by atoms with E-state index >= 15 is 0 Å². The van der Waals surface area contributed by atoms with Gasteiger partial charge in [-0.1, -0.05) is 41.5 Å². The van der Waals surface area contributed by atoms with Crippen LogP contribution in [0.4, 0.5) is 0 Å². The molecule has 0 aromatic heterocycles. The molecule has 0 saturated carbocycles. The van der Waals surface area contributed by atoms with Crippen LogP contribution >= 0.6 is 0 Å². The molecule has 0 bridgehead atoms. The van der Waals surface area contributed by atoms with Crippen molar-refractivity contribution < 1.29 is 4.79 Å². The molecular formula is C15H20N2O. The summed E-state index contributed by atoms with van der Waals surface area (Å²) < 4.78 is 0. The average Bonchev–Trinajstić information content (AvgIpc) is 2.38. The molecule has 3 heteroatoms. The van der Waals surface area contributed by atoms with Gasteiger partial charge in [-0.2, -0.15) is 0 Å². The molecule has 3 nitrogen and oxygen atoms in total. The van der Waals surface area contributed by atoms with Crippen molar-refractivity contribution in [2.75, 3.05) is 19.6 Å². The van der Waals surface area contributed by atoms with Gasteiger partial charge < -0.3 is 10.6 Å². The highest BCUT2D eigenvalue weighted by molar-refractivity contribution is 5.78. The predicted octanol–water partition coefficient (Wildman–Crippen LogP) is 1.57. The summed E-state index contributed by atoms with van der Waals surface area (Å²) in [6.07, 6.45) is 3.66. The van der Waals surface area contributed by atoms with Crippen molar-refractivity contribution in [1.82, 2.24) is 10.6 Å². The third-order valence-corrected chi connectivity index (χ3v) is 3.12. The van der Waals surface area contributed by atoms with Gasteiger partial charge in [0.15, 0.2) is 0 Å². The lowest BCUT2D eigenvalue weighted by molar-refractivity contribution is -0.120. The molecule has 0 spiro atoms. The van der Waals surface area contributed by atoms with Gasteiger partial charge in [-0.25, -0.2) is 0 Å². The third-order valence-electron chi connectivity index (χ3n) is 3.12. The molecule has 0 radical (unpaired) electrons. The molecular weight excluding hydrogens is 224 g/mol. The highest BCUT2D eigenvalue weighted by Gasteiger charge is 2.06. The van der Waals surface area contributed by atoms with Gasteiger partial charge in [0.25, 0.3) is 0 Å². The summed E-state index contributed by atoms with van der Waals surface area (Å²) in [7, 11) is 0. The van der Waals surface area contributed by atoms with Crippen molar-refractivity contribution in [2.24, 2.45) is 0 Å². The Hall–Kier alpha value is -1.61. The first-order valence-electron chi connectivity index (χ1n) is 6.45. The maximum Gasteiger partial charge on any atom is 0.224 e. The number of rotatable bonds is 4. The average molecular weight is 244 g/mol. The van der Waals surface area contributed by atoms with Gasteiger partial charge >= 0.3 is 0 Å². The maximum atomic E-state index is 11.8. The molecule has 2 rings (SSSR count). The molecule has 1 aromatic carbocycles. The number of benzene rings is 1. The predicted molar refractivity (Wildman–Crippen MR) is 73.5 cm³/mol. The van der Waals surface area contributed by atoms with Gasteiger partial charge in [-0.05, 0) is 25.5 Å². The zero-order valence-corrected chi connectivity index (χ0v) is 10.8. The molecule has 0 unspecified atom stereocenters. The molecule has 1 aromatic rings. The van der Waals surface area contributed by atoms with Crippen LogP contribution in [-0.2, 0) is 11.2 Å². The first kappa shape index (κ1) is 12.8. The second kappa shape index (κ2) is 6.36. The zero-order valence-electron chi connectivity index (χ0n) is 10.8. The van der Waals surface area contributed by atoms with E-state index in [9.17, 15) is 4.79 Å². The van der Waals surface area contributed by atoms with Crippen LogP contribution in [0.5, 0.6) is 0 Å². The SMILES string of the molecule is Cc1cccc(CC(=O)NCC2=CCNCC2)c1. The highest BCUT2D eigenvalue weighted by atomic mass is 16.1. The largest absolute Gasteiger partial charge is 0.352 e. The Morgan fingerprint density at radius 2 is 2.33 bits per heavy atom. The number of carbonyl (C=O) groups excluding carboxylic acids is 1. The van der Waals surface area contributed by atoms with Crippen LogP contribution in [0.1, 0.15) is 17.5 Å². The Morgan fingerprint density at radius 3 is 3.06 bits per heavy atom. The minimum Gasteiger partial charge on any atom is -0.352 e. The van der Waals surface area contributed by atoms with Crippen LogP contribution in [0, 0.1) is 6.92 Å². The van der Waals surface area contributed by atoms with Gasteiger partial charge in [0.05, 0.1) is 6.42 Å². The number of hydrogen-bond donors (Lipinski definition) is 2. The number of aryl methyl sites for hydroxylation is 1. The van der Waals surface area contributed by atoms with E-state index in [1.807, 2.05) is 25.1 Å². The highest BCUT2D eigenvalue weighted by Crippen LogP contribution is 2.05. The quantitative estimate of drug-likeness (QED) is 0.789. The molecule has 0 saturated heterocycles. The first-order chi connectivity index (χ1) is 8.74. The van der Waals surface area contributed by atoms with E-state index in [1.165, 1.54) is 11.1 Å². The fourth-order valence-corrected chi connectivity index (χ4v) is 2.11. The van der Waals surface area contributed by atoms with Crippen LogP contribution in [0.25, 0.3) is 0 Å². The molecule has 1 heterocycles. The second-order valence-corrected chi connectivity index (χ2v) is 4.76. The minimum atomic E-state index is 0.0973. The number of amides is 1. The lowest BCUT2D eigenvalue weighted by Gasteiger charge is -2.14. The molecule has 18 heavy (non-hydrogen) atoms. The lowest BCUT2D eigenvalue weighted by Crippen LogP contribution is -2.30. The van der Waals surface area contributed by atoms with E-state index in [4.69, 9.17) is 0 Å². The van der Waals surface area contributed by atoms with Gasteiger partial charge in [-0.3, -0.25) is 4.79 Å². The monoisotopic (exact) mass is 244 g/mol. The van der Waals surface area contributed by atoms with Gasteiger partial charge in [-0.15, -0.1) is 0 Å². The Kier molecular flexibility index (Phi) is 4.53. The molecule has 0 aliphatic carbocycles. The van der Waals surface area contributed by atoms with Crippen molar-refractivity contribution in [3.05, 3.63) is 47.0 Å². The van der Waals surface area contributed by atoms with E-state index in [-0.39, 0.29) is 5.91 Å². The molecule has 1 amide bonds. The lowest BCUT2D eigenvalue weighted by atomic mass is 10.1. The Bertz CT molecular complexity index is 452. The van der Waals surface area contributed by atoms with Gasteiger partial charge in [0.2, 0.25) is 5.91 Å². The van der Waals surface area contributed by atoms with Gasteiger partial charge in [0, 0.05) is 13.1 Å². The summed E-state index contributed by atoms with van der Waals surface area (Å²) >= 11 is 0. The summed E-state index contributed by atoms with van der Waals surface area (Å²) in [5.41, 5.74) is 3.60. The second-order valence-electron chi connectivity index (χ2n) is 4.76. The topological polar surface area (TPSA) is 41.1 Å². The molecule has 96 valence electrons. The zero-order chi connectivity index (χ0) is 12.8. The summed E-state index contributed by atoms with van der Waals surface area (Å²) in [4.78, 5) is 11.8. The smallest absolute Gasteiger partial charge is 0.224 e. The van der Waals surface area contributed by atoms with Crippen LogP contribution < -0.4 is 10.6 Å². The van der Waals surface area contributed by atoms with E-state index in [0.29, 0.717) is 13.0 Å². The van der Waals surface area contributed by atoms with Crippen molar-refractivity contribution >= 4 is 5.91 Å². The molecule has 1 aliphatic heterocycles. The Labute approximate surface area is 108 Å². The van der Waals surface area contributed by atoms with Crippen molar-refractivity contribution in [3.8, 4) is 0 Å². The fraction of sp³-hybridized carbons (Fsp3) is 0.400. The number of nitrogens with one attached hydrogen (secondary N) is 2. The molecule has 2 N–H and O–H groups in total. The number of carbonyl (C=O) groups is 1. The summed E-state index contributed by atoms with van der Waals surface area (Å²) in [5.74, 6) is 0.0973. The van der Waals surface area contributed by atoms with Crippen molar-refractivity contribution in [1.29, 1.82) is 0 Å². The maximum absolute atomic E-state index is 11.8. The minimum absolute atomic E-state index is 0.0973. The Morgan fingerprint density at radius 1 is 1.44 bits per heavy atom. The normalized spacial score (nSPS) is 15.1. The van der Waals surface area contributed by atoms with E-state index < -0.39 is 0 Å². The van der Waals surface area contributed by atoms with E-state index in [1.54, 1.807) is 0 Å². The van der Waals surface area contributed by atoms with Crippen molar-refractivity contribution in [3.63, 3.8) is 0 Å². The molecule has 1 aliphatic rings. The van der Waals surface area contributed by atoms with Crippen molar-refractivity contribution in [2.45, 2.75) is 19.8 Å². The summed E-state index contributed by atoms with van der Waals surface area (Å²) in [6.45, 7) is 4.66. The number of hydrogen-bond acceptors (Lipinski definition) is 2. The molecule has 0 atom stereocenters. The van der Waals surface area contributed by atoms with Crippen LogP contribution in [-0.4, -0.2) is 25.5 Å². The summed E-state index contributed by atoms with van der Waals surface area (Å²) in [6, 6.07) is 8.09. The van der Waals surface area contributed by atoms with E-state index in [2.05, 4.69) is 22.8 Å². The van der Waals surface area contributed by atoms with Gasteiger partial charge in [0.1, 0.15) is 0 Å². The third kappa shape index (κ3) is 4.00. The van der Waals surface area contributed by atoms with Crippen LogP contribution in [0.15, 0.2) is 35.9 Å². The van der Waals surface area contributed by atoms with Crippen LogP contribution in [0.2, 0.25) is 0 Å². The fourth-order valence-electron chi connectivity index (χ4n) is 2.11.